The fourth-order valence-corrected chi connectivity index (χ4v) is 0.972. The molecule has 0 amide bonds. The third-order valence-electron chi connectivity index (χ3n) is 2.69. The van der Waals surface area contributed by atoms with E-state index in [-0.39, 0.29) is 17.8 Å². The van der Waals surface area contributed by atoms with Crippen LogP contribution in [0.1, 0.15) is 27.2 Å². The molecule has 2 heteroatoms. The number of Topliss-reactive ketones (excluding diaryl/α,β-unsaturated/α-hetero) is 1. The lowest BCUT2D eigenvalue weighted by atomic mass is 9.86. The van der Waals surface area contributed by atoms with Crippen molar-refractivity contribution in [2.45, 2.75) is 27.2 Å². The van der Waals surface area contributed by atoms with Crippen molar-refractivity contribution in [3.8, 4) is 0 Å². The molecule has 0 aromatic rings. The zero-order chi connectivity index (χ0) is 13.3. The standard InChI is InChI=1S/C15H22O2/c1-6-9-11-13(10-7-2)17-12-14(16)15(4,5)8-3/h6-7,9-11H,1-2,8,12H2,3-5H3/b11-9-,13-10+. The first-order valence-electron chi connectivity index (χ1n) is 5.75. The monoisotopic (exact) mass is 234 g/mol. The number of ketones is 1. The minimum Gasteiger partial charge on any atom is -0.486 e. The molecule has 0 aliphatic heterocycles. The molecule has 17 heavy (non-hydrogen) atoms. The van der Waals surface area contributed by atoms with E-state index in [0.29, 0.717) is 5.76 Å². The van der Waals surface area contributed by atoms with Gasteiger partial charge in [-0.3, -0.25) is 4.79 Å². The van der Waals surface area contributed by atoms with E-state index in [4.69, 9.17) is 4.74 Å². The van der Waals surface area contributed by atoms with Crippen LogP contribution in [0, 0.1) is 5.41 Å². The predicted octanol–water partition coefficient (Wildman–Crippen LogP) is 3.82. The molecule has 0 spiro atoms. The molecule has 0 atom stereocenters. The van der Waals surface area contributed by atoms with Gasteiger partial charge in [0.2, 0.25) is 0 Å². The molecular weight excluding hydrogens is 212 g/mol. The van der Waals surface area contributed by atoms with Crippen molar-refractivity contribution in [2.24, 2.45) is 5.41 Å². The van der Waals surface area contributed by atoms with Gasteiger partial charge in [-0.15, -0.1) is 0 Å². The third kappa shape index (κ3) is 5.91. The highest BCUT2D eigenvalue weighted by atomic mass is 16.5. The number of hydrogen-bond donors (Lipinski definition) is 0. The van der Waals surface area contributed by atoms with Gasteiger partial charge in [-0.25, -0.2) is 0 Å². The van der Waals surface area contributed by atoms with Crippen molar-refractivity contribution in [3.63, 3.8) is 0 Å². The Morgan fingerprint density at radius 1 is 1.29 bits per heavy atom. The van der Waals surface area contributed by atoms with Gasteiger partial charge in [-0.1, -0.05) is 52.2 Å². The average Bonchev–Trinajstić information content (AvgIpc) is 2.32. The molecule has 0 heterocycles. The van der Waals surface area contributed by atoms with Gasteiger partial charge < -0.3 is 4.74 Å². The van der Waals surface area contributed by atoms with Gasteiger partial charge in [0.15, 0.2) is 5.78 Å². The summed E-state index contributed by atoms with van der Waals surface area (Å²) in [4.78, 5) is 11.9. The number of allylic oxidation sites excluding steroid dienone is 5. The Labute approximate surface area is 104 Å². The summed E-state index contributed by atoms with van der Waals surface area (Å²) in [6.45, 7) is 13.1. The summed E-state index contributed by atoms with van der Waals surface area (Å²) in [5.74, 6) is 0.710. The summed E-state index contributed by atoms with van der Waals surface area (Å²) in [6.07, 6.45) is 9.30. The molecule has 0 bridgehead atoms. The van der Waals surface area contributed by atoms with E-state index in [2.05, 4.69) is 13.2 Å². The van der Waals surface area contributed by atoms with E-state index in [1.54, 1.807) is 30.4 Å². The Balaban J connectivity index is 4.47. The van der Waals surface area contributed by atoms with Crippen molar-refractivity contribution < 1.29 is 9.53 Å². The van der Waals surface area contributed by atoms with Crippen LogP contribution >= 0.6 is 0 Å². The summed E-state index contributed by atoms with van der Waals surface area (Å²) < 4.78 is 5.44. The largest absolute Gasteiger partial charge is 0.486 e. The SMILES string of the molecule is C=C/C=C\C(=C/C=C)OCC(=O)C(C)(C)CC. The minimum atomic E-state index is -0.332. The number of rotatable bonds is 8. The molecular formula is C15H22O2. The first-order valence-corrected chi connectivity index (χ1v) is 5.75. The Bertz CT molecular complexity index is 333. The van der Waals surface area contributed by atoms with Gasteiger partial charge in [0, 0.05) is 5.41 Å². The molecule has 0 rings (SSSR count). The van der Waals surface area contributed by atoms with Crippen LogP contribution in [0.2, 0.25) is 0 Å². The molecule has 0 fully saturated rings. The van der Waals surface area contributed by atoms with Crippen LogP contribution in [0.15, 0.2) is 49.3 Å². The lowest BCUT2D eigenvalue weighted by Crippen LogP contribution is -2.27. The third-order valence-corrected chi connectivity index (χ3v) is 2.69. The van der Waals surface area contributed by atoms with Crippen LogP contribution in [0.4, 0.5) is 0 Å². The maximum absolute atomic E-state index is 11.9. The zero-order valence-electron chi connectivity index (χ0n) is 11.0. The average molecular weight is 234 g/mol. The molecule has 0 aliphatic carbocycles. The second-order valence-corrected chi connectivity index (χ2v) is 4.35. The molecule has 0 N–H and O–H groups in total. The lowest BCUT2D eigenvalue weighted by molar-refractivity contribution is -0.130. The van der Waals surface area contributed by atoms with Crippen LogP contribution in [0.25, 0.3) is 0 Å². The van der Waals surface area contributed by atoms with Gasteiger partial charge in [0.25, 0.3) is 0 Å². The van der Waals surface area contributed by atoms with Gasteiger partial charge in [-0.05, 0) is 18.6 Å². The molecule has 94 valence electrons. The van der Waals surface area contributed by atoms with Crippen LogP contribution in [-0.2, 0) is 9.53 Å². The molecule has 0 aromatic carbocycles. The smallest absolute Gasteiger partial charge is 0.175 e. The zero-order valence-corrected chi connectivity index (χ0v) is 11.0. The number of carbonyl (C=O) groups is 1. The number of ether oxygens (including phenoxy) is 1. The van der Waals surface area contributed by atoms with Crippen molar-refractivity contribution in [2.75, 3.05) is 6.61 Å². The highest BCUT2D eigenvalue weighted by Gasteiger charge is 2.25. The van der Waals surface area contributed by atoms with Gasteiger partial charge in [0.1, 0.15) is 12.4 Å². The Hall–Kier alpha value is -1.57. The highest BCUT2D eigenvalue weighted by Crippen LogP contribution is 2.21. The van der Waals surface area contributed by atoms with E-state index < -0.39 is 0 Å². The van der Waals surface area contributed by atoms with Gasteiger partial charge >= 0.3 is 0 Å². The Morgan fingerprint density at radius 2 is 1.94 bits per heavy atom. The maximum Gasteiger partial charge on any atom is 0.175 e. The second-order valence-electron chi connectivity index (χ2n) is 4.35. The Kier molecular flexibility index (Phi) is 6.95. The first-order chi connectivity index (χ1) is 7.97. The van der Waals surface area contributed by atoms with Gasteiger partial charge in [0.05, 0.1) is 0 Å². The van der Waals surface area contributed by atoms with E-state index in [1.807, 2.05) is 20.8 Å². The highest BCUT2D eigenvalue weighted by molar-refractivity contribution is 5.85. The van der Waals surface area contributed by atoms with Crippen LogP contribution in [0.5, 0.6) is 0 Å². The van der Waals surface area contributed by atoms with E-state index >= 15 is 0 Å². The van der Waals surface area contributed by atoms with Crippen molar-refractivity contribution in [1.82, 2.24) is 0 Å². The fourth-order valence-electron chi connectivity index (χ4n) is 0.972. The number of carbonyl (C=O) groups excluding carboxylic acids is 1. The van der Waals surface area contributed by atoms with Crippen LogP contribution in [-0.4, -0.2) is 12.4 Å². The number of hydrogen-bond acceptors (Lipinski definition) is 2. The minimum absolute atomic E-state index is 0.0853. The van der Waals surface area contributed by atoms with Crippen molar-refractivity contribution in [1.29, 1.82) is 0 Å². The molecule has 0 radical (unpaired) electrons. The van der Waals surface area contributed by atoms with Crippen LogP contribution < -0.4 is 0 Å². The lowest BCUT2D eigenvalue weighted by Gasteiger charge is -2.20. The molecule has 0 aromatic heterocycles. The Morgan fingerprint density at radius 3 is 2.41 bits per heavy atom. The maximum atomic E-state index is 11.9. The van der Waals surface area contributed by atoms with Crippen molar-refractivity contribution >= 4 is 5.78 Å². The molecule has 0 unspecified atom stereocenters. The summed E-state index contributed by atoms with van der Waals surface area (Å²) in [6, 6.07) is 0. The molecule has 0 aliphatic rings. The fraction of sp³-hybridized carbons (Fsp3) is 0.400. The summed E-state index contributed by atoms with van der Waals surface area (Å²) in [5, 5.41) is 0. The van der Waals surface area contributed by atoms with E-state index in [9.17, 15) is 4.79 Å². The summed E-state index contributed by atoms with van der Waals surface area (Å²) in [7, 11) is 0. The summed E-state index contributed by atoms with van der Waals surface area (Å²) >= 11 is 0. The molecule has 0 saturated carbocycles. The van der Waals surface area contributed by atoms with E-state index in [0.717, 1.165) is 6.42 Å². The van der Waals surface area contributed by atoms with Crippen LogP contribution in [0.3, 0.4) is 0 Å². The van der Waals surface area contributed by atoms with Crippen molar-refractivity contribution in [3.05, 3.63) is 49.3 Å². The normalized spacial score (nSPS) is 12.5. The van der Waals surface area contributed by atoms with Gasteiger partial charge in [-0.2, -0.15) is 0 Å². The van der Waals surface area contributed by atoms with E-state index in [1.165, 1.54) is 0 Å². The predicted molar refractivity (Wildman–Crippen MR) is 72.6 cm³/mol. The second kappa shape index (κ2) is 7.66. The summed E-state index contributed by atoms with van der Waals surface area (Å²) in [5.41, 5.74) is -0.332. The first kappa shape index (κ1) is 15.4. The molecule has 2 nitrogen and oxygen atoms in total. The quantitative estimate of drug-likeness (QED) is 0.471. The molecule has 0 saturated heterocycles. The topological polar surface area (TPSA) is 26.3 Å².